The molecule has 0 aliphatic rings. The van der Waals surface area contributed by atoms with Crippen LogP contribution in [-0.4, -0.2) is 11.2 Å². The number of halogens is 1. The van der Waals surface area contributed by atoms with Crippen LogP contribution in [-0.2, 0) is 6.42 Å². The van der Waals surface area contributed by atoms with Crippen LogP contribution in [0.4, 0.5) is 0 Å². The number of hydrogen-bond donors (Lipinski definition) is 1. The molecule has 0 radical (unpaired) electrons. The van der Waals surface area contributed by atoms with E-state index in [0.29, 0.717) is 12.3 Å². The standard InChI is InChI=1S/C12H17ClO/c1-8(2)12-5-4-11(13)7-10(12)6-9(3)14/h4-5,7-9,14H,6H2,1-3H3. The fourth-order valence-electron chi connectivity index (χ4n) is 1.63. The van der Waals surface area contributed by atoms with Crippen LogP contribution in [0.3, 0.4) is 0 Å². The van der Waals surface area contributed by atoms with Gasteiger partial charge in [-0.3, -0.25) is 0 Å². The molecule has 0 heterocycles. The van der Waals surface area contributed by atoms with Crippen molar-refractivity contribution >= 4 is 11.6 Å². The summed E-state index contributed by atoms with van der Waals surface area (Å²) >= 11 is 5.92. The predicted octanol–water partition coefficient (Wildman–Crippen LogP) is 3.39. The van der Waals surface area contributed by atoms with Gasteiger partial charge in [-0.25, -0.2) is 0 Å². The highest BCUT2D eigenvalue weighted by atomic mass is 35.5. The van der Waals surface area contributed by atoms with Gasteiger partial charge in [0.05, 0.1) is 6.10 Å². The fourth-order valence-corrected chi connectivity index (χ4v) is 1.83. The van der Waals surface area contributed by atoms with E-state index < -0.39 is 0 Å². The highest BCUT2D eigenvalue weighted by Gasteiger charge is 2.09. The smallest absolute Gasteiger partial charge is 0.0552 e. The minimum atomic E-state index is -0.314. The van der Waals surface area contributed by atoms with Crippen LogP contribution in [0.1, 0.15) is 37.8 Å². The van der Waals surface area contributed by atoms with Crippen molar-refractivity contribution in [3.05, 3.63) is 34.3 Å². The third-order valence-corrected chi connectivity index (χ3v) is 2.48. The minimum Gasteiger partial charge on any atom is -0.393 e. The van der Waals surface area contributed by atoms with Crippen molar-refractivity contribution in [3.8, 4) is 0 Å². The SMILES string of the molecule is CC(O)Cc1cc(Cl)ccc1C(C)C. The van der Waals surface area contributed by atoms with E-state index in [1.165, 1.54) is 5.56 Å². The lowest BCUT2D eigenvalue weighted by Crippen LogP contribution is -2.07. The fraction of sp³-hybridized carbons (Fsp3) is 0.500. The third-order valence-electron chi connectivity index (χ3n) is 2.24. The molecule has 0 aromatic heterocycles. The summed E-state index contributed by atoms with van der Waals surface area (Å²) in [6.45, 7) is 6.09. The van der Waals surface area contributed by atoms with Crippen molar-refractivity contribution in [2.24, 2.45) is 0 Å². The molecule has 1 aromatic carbocycles. The first-order valence-corrected chi connectivity index (χ1v) is 5.35. The van der Waals surface area contributed by atoms with Crippen molar-refractivity contribution < 1.29 is 5.11 Å². The van der Waals surface area contributed by atoms with Gasteiger partial charge in [-0.05, 0) is 42.5 Å². The van der Waals surface area contributed by atoms with Gasteiger partial charge in [-0.1, -0.05) is 31.5 Å². The van der Waals surface area contributed by atoms with E-state index in [4.69, 9.17) is 11.6 Å². The van der Waals surface area contributed by atoms with Gasteiger partial charge >= 0.3 is 0 Å². The lowest BCUT2D eigenvalue weighted by atomic mass is 9.94. The number of hydrogen-bond acceptors (Lipinski definition) is 1. The molecule has 14 heavy (non-hydrogen) atoms. The summed E-state index contributed by atoms with van der Waals surface area (Å²) in [5.74, 6) is 0.473. The van der Waals surface area contributed by atoms with Gasteiger partial charge in [0.25, 0.3) is 0 Å². The Kier molecular flexibility index (Phi) is 3.97. The number of aliphatic hydroxyl groups is 1. The molecule has 0 saturated carbocycles. The van der Waals surface area contributed by atoms with Crippen molar-refractivity contribution in [2.45, 2.75) is 39.2 Å². The van der Waals surface area contributed by atoms with Gasteiger partial charge in [0.15, 0.2) is 0 Å². The molecule has 1 nitrogen and oxygen atoms in total. The molecule has 0 saturated heterocycles. The number of benzene rings is 1. The van der Waals surface area contributed by atoms with Crippen LogP contribution in [0.5, 0.6) is 0 Å². The number of rotatable bonds is 3. The lowest BCUT2D eigenvalue weighted by Gasteiger charge is -2.14. The molecule has 0 amide bonds. The molecule has 1 unspecified atom stereocenters. The van der Waals surface area contributed by atoms with Crippen LogP contribution < -0.4 is 0 Å². The van der Waals surface area contributed by atoms with E-state index >= 15 is 0 Å². The molecule has 1 atom stereocenters. The quantitative estimate of drug-likeness (QED) is 0.815. The van der Waals surface area contributed by atoms with Crippen LogP contribution in [0.2, 0.25) is 5.02 Å². The van der Waals surface area contributed by atoms with Crippen LogP contribution >= 0.6 is 11.6 Å². The Hall–Kier alpha value is -0.530. The average Bonchev–Trinajstić information content (AvgIpc) is 2.01. The van der Waals surface area contributed by atoms with Crippen molar-refractivity contribution in [2.75, 3.05) is 0 Å². The normalized spacial score (nSPS) is 13.3. The largest absolute Gasteiger partial charge is 0.393 e. The molecule has 0 aliphatic heterocycles. The first-order valence-electron chi connectivity index (χ1n) is 4.97. The zero-order valence-corrected chi connectivity index (χ0v) is 9.67. The molecule has 0 spiro atoms. The Morgan fingerprint density at radius 1 is 1.29 bits per heavy atom. The molecular formula is C12H17ClO. The Bertz CT molecular complexity index is 305. The first kappa shape index (κ1) is 11.5. The Labute approximate surface area is 90.7 Å². The third kappa shape index (κ3) is 3.00. The second-order valence-electron chi connectivity index (χ2n) is 4.05. The summed E-state index contributed by atoms with van der Waals surface area (Å²) in [4.78, 5) is 0. The van der Waals surface area contributed by atoms with Crippen LogP contribution in [0.15, 0.2) is 18.2 Å². The molecule has 1 N–H and O–H groups in total. The second-order valence-corrected chi connectivity index (χ2v) is 4.49. The Morgan fingerprint density at radius 3 is 2.43 bits per heavy atom. The van der Waals surface area contributed by atoms with Crippen molar-refractivity contribution in [1.29, 1.82) is 0 Å². The highest BCUT2D eigenvalue weighted by Crippen LogP contribution is 2.24. The Morgan fingerprint density at radius 2 is 1.93 bits per heavy atom. The summed E-state index contributed by atoms with van der Waals surface area (Å²) in [7, 11) is 0. The predicted molar refractivity (Wildman–Crippen MR) is 60.9 cm³/mol. The van der Waals surface area contributed by atoms with Gasteiger partial charge in [0, 0.05) is 5.02 Å². The molecule has 1 rings (SSSR count). The van der Waals surface area contributed by atoms with Gasteiger partial charge < -0.3 is 5.11 Å². The van der Waals surface area contributed by atoms with E-state index in [0.717, 1.165) is 10.6 Å². The van der Waals surface area contributed by atoms with Gasteiger partial charge in [-0.2, -0.15) is 0 Å². The Balaban J connectivity index is 3.03. The molecule has 2 heteroatoms. The molecule has 0 aliphatic carbocycles. The minimum absolute atomic E-state index is 0.314. The average molecular weight is 213 g/mol. The summed E-state index contributed by atoms with van der Waals surface area (Å²) in [6, 6.07) is 5.90. The van der Waals surface area contributed by atoms with E-state index in [9.17, 15) is 5.11 Å². The van der Waals surface area contributed by atoms with Crippen LogP contribution in [0.25, 0.3) is 0 Å². The number of aliphatic hydroxyl groups excluding tert-OH is 1. The van der Waals surface area contributed by atoms with E-state index in [2.05, 4.69) is 13.8 Å². The molecule has 0 fully saturated rings. The molecule has 0 bridgehead atoms. The topological polar surface area (TPSA) is 20.2 Å². The highest BCUT2D eigenvalue weighted by molar-refractivity contribution is 6.30. The van der Waals surface area contributed by atoms with Crippen LogP contribution in [0, 0.1) is 0 Å². The maximum absolute atomic E-state index is 9.36. The molecule has 78 valence electrons. The summed E-state index contributed by atoms with van der Waals surface area (Å²) < 4.78 is 0. The molecule has 1 aromatic rings. The molecular weight excluding hydrogens is 196 g/mol. The summed E-state index contributed by atoms with van der Waals surface area (Å²) in [6.07, 6.45) is 0.361. The maximum Gasteiger partial charge on any atom is 0.0552 e. The maximum atomic E-state index is 9.36. The first-order chi connectivity index (χ1) is 6.50. The van der Waals surface area contributed by atoms with Gasteiger partial charge in [0.1, 0.15) is 0 Å². The zero-order valence-electron chi connectivity index (χ0n) is 8.92. The van der Waals surface area contributed by atoms with E-state index in [1.807, 2.05) is 18.2 Å². The van der Waals surface area contributed by atoms with Crippen molar-refractivity contribution in [1.82, 2.24) is 0 Å². The van der Waals surface area contributed by atoms with E-state index in [1.54, 1.807) is 6.92 Å². The second kappa shape index (κ2) is 4.81. The monoisotopic (exact) mass is 212 g/mol. The van der Waals surface area contributed by atoms with Gasteiger partial charge in [0.2, 0.25) is 0 Å². The van der Waals surface area contributed by atoms with Gasteiger partial charge in [-0.15, -0.1) is 0 Å². The summed E-state index contributed by atoms with van der Waals surface area (Å²) in [5.41, 5.74) is 2.43. The summed E-state index contributed by atoms with van der Waals surface area (Å²) in [5, 5.41) is 10.1. The van der Waals surface area contributed by atoms with E-state index in [-0.39, 0.29) is 6.10 Å². The zero-order chi connectivity index (χ0) is 10.7. The lowest BCUT2D eigenvalue weighted by molar-refractivity contribution is 0.195. The van der Waals surface area contributed by atoms with Crippen molar-refractivity contribution in [3.63, 3.8) is 0 Å².